The molecular formula is C15H9BrF2O. The summed E-state index contributed by atoms with van der Waals surface area (Å²) in [4.78, 5) is 12.4. The van der Waals surface area contributed by atoms with E-state index in [1.807, 2.05) is 0 Å². The van der Waals surface area contributed by atoms with Crippen LogP contribution in [0.15, 0.2) is 42.5 Å². The summed E-state index contributed by atoms with van der Waals surface area (Å²) in [6, 6.07) is 10.0. The first kappa shape index (κ1) is 12.5. The maximum Gasteiger partial charge on any atom is 0.184 e. The van der Waals surface area contributed by atoms with Crippen molar-refractivity contribution in [3.63, 3.8) is 0 Å². The second-order valence-corrected chi connectivity index (χ2v) is 5.97. The van der Waals surface area contributed by atoms with Gasteiger partial charge in [0.25, 0.3) is 0 Å². The largest absolute Gasteiger partial charge is 0.292 e. The number of benzene rings is 2. The Morgan fingerprint density at radius 3 is 2.53 bits per heavy atom. The van der Waals surface area contributed by atoms with E-state index < -0.39 is 10.1 Å². The molecule has 0 heterocycles. The van der Waals surface area contributed by atoms with E-state index in [0.717, 1.165) is 0 Å². The third-order valence-electron chi connectivity index (χ3n) is 3.39. The van der Waals surface area contributed by atoms with Gasteiger partial charge in [-0.3, -0.25) is 4.79 Å². The van der Waals surface area contributed by atoms with Crippen LogP contribution in [-0.4, -0.2) is 5.78 Å². The summed E-state index contributed by atoms with van der Waals surface area (Å²) < 4.78 is 25.5. The Hall–Kier alpha value is -1.55. The van der Waals surface area contributed by atoms with Gasteiger partial charge in [-0.2, -0.15) is 0 Å². The van der Waals surface area contributed by atoms with Crippen molar-refractivity contribution in [1.29, 1.82) is 0 Å². The molecule has 19 heavy (non-hydrogen) atoms. The Morgan fingerprint density at radius 1 is 1.05 bits per heavy atom. The van der Waals surface area contributed by atoms with Crippen molar-refractivity contribution in [1.82, 2.24) is 0 Å². The van der Waals surface area contributed by atoms with E-state index in [1.165, 1.54) is 30.3 Å². The molecule has 1 aliphatic rings. The monoisotopic (exact) mass is 322 g/mol. The van der Waals surface area contributed by atoms with Crippen molar-refractivity contribution in [3.8, 4) is 0 Å². The Morgan fingerprint density at radius 2 is 1.79 bits per heavy atom. The first-order chi connectivity index (χ1) is 9.00. The number of ketones is 1. The van der Waals surface area contributed by atoms with E-state index in [2.05, 4.69) is 15.9 Å². The van der Waals surface area contributed by atoms with Crippen LogP contribution >= 0.6 is 15.9 Å². The molecule has 3 rings (SSSR count). The molecule has 96 valence electrons. The lowest BCUT2D eigenvalue weighted by atomic mass is 9.95. The lowest BCUT2D eigenvalue weighted by molar-refractivity contribution is 0.0960. The van der Waals surface area contributed by atoms with Gasteiger partial charge >= 0.3 is 0 Å². The highest BCUT2D eigenvalue weighted by Gasteiger charge is 2.45. The van der Waals surface area contributed by atoms with Crippen LogP contribution in [0.4, 0.5) is 8.78 Å². The number of alkyl halides is 1. The molecule has 1 atom stereocenters. The summed E-state index contributed by atoms with van der Waals surface area (Å²) >= 11 is 3.42. The predicted octanol–water partition coefficient (Wildman–Crippen LogP) is 3.99. The zero-order chi connectivity index (χ0) is 13.6. The first-order valence-corrected chi connectivity index (χ1v) is 6.58. The zero-order valence-electron chi connectivity index (χ0n) is 9.79. The maximum atomic E-state index is 13.3. The van der Waals surface area contributed by atoms with Crippen molar-refractivity contribution in [2.45, 2.75) is 10.7 Å². The molecule has 2 aromatic carbocycles. The average Bonchev–Trinajstić information content (AvgIpc) is 2.62. The molecular weight excluding hydrogens is 314 g/mol. The van der Waals surface area contributed by atoms with Gasteiger partial charge in [0, 0.05) is 12.0 Å². The maximum absolute atomic E-state index is 13.3. The van der Waals surface area contributed by atoms with Crippen molar-refractivity contribution >= 4 is 21.7 Å². The molecule has 0 spiro atoms. The van der Waals surface area contributed by atoms with Crippen molar-refractivity contribution < 1.29 is 13.6 Å². The predicted molar refractivity (Wildman–Crippen MR) is 71.4 cm³/mol. The number of Topliss-reactive ketones (excluding diaryl/α,β-unsaturated/α-hetero) is 1. The van der Waals surface area contributed by atoms with Crippen LogP contribution in [0.3, 0.4) is 0 Å². The Balaban J connectivity index is 2.11. The Labute approximate surface area is 117 Å². The summed E-state index contributed by atoms with van der Waals surface area (Å²) in [7, 11) is 0. The normalized spacial score (nSPS) is 21.5. The topological polar surface area (TPSA) is 17.1 Å². The van der Waals surface area contributed by atoms with Crippen LogP contribution in [-0.2, 0) is 10.7 Å². The molecule has 0 aliphatic heterocycles. The molecule has 0 aromatic heterocycles. The highest BCUT2D eigenvalue weighted by molar-refractivity contribution is 9.10. The third-order valence-corrected chi connectivity index (χ3v) is 4.49. The number of carbonyl (C=O) groups is 1. The number of fused-ring (bicyclic) bond motifs is 1. The van der Waals surface area contributed by atoms with Crippen LogP contribution in [0.1, 0.15) is 21.5 Å². The van der Waals surface area contributed by atoms with Crippen LogP contribution < -0.4 is 0 Å². The number of hydrogen-bond acceptors (Lipinski definition) is 1. The molecule has 1 nitrogen and oxygen atoms in total. The van der Waals surface area contributed by atoms with Gasteiger partial charge in [-0.05, 0) is 41.5 Å². The van der Waals surface area contributed by atoms with Gasteiger partial charge in [-0.15, -0.1) is 0 Å². The van der Waals surface area contributed by atoms with Crippen LogP contribution in [0.5, 0.6) is 0 Å². The summed E-state index contributed by atoms with van der Waals surface area (Å²) in [5.41, 5.74) is 1.68. The number of carbonyl (C=O) groups excluding carboxylic acids is 1. The molecule has 1 aliphatic carbocycles. The molecule has 1 unspecified atom stereocenters. The molecule has 2 aromatic rings. The van der Waals surface area contributed by atoms with Gasteiger partial charge in [0.1, 0.15) is 16.0 Å². The van der Waals surface area contributed by atoms with Crippen LogP contribution in [0, 0.1) is 11.6 Å². The standard InChI is InChI=1S/C15H9BrF2O/c16-15(10-2-1-3-11(17)7-10)8-9-6-12(18)4-5-13(9)14(15)19/h1-7H,8H2. The van der Waals surface area contributed by atoms with Gasteiger partial charge in [0.15, 0.2) is 5.78 Å². The molecule has 0 saturated carbocycles. The molecule has 4 heteroatoms. The van der Waals surface area contributed by atoms with Gasteiger partial charge < -0.3 is 0 Å². The Bertz CT molecular complexity index is 684. The van der Waals surface area contributed by atoms with Crippen molar-refractivity contribution in [2.75, 3.05) is 0 Å². The third kappa shape index (κ3) is 1.91. The zero-order valence-corrected chi connectivity index (χ0v) is 11.4. The fourth-order valence-corrected chi connectivity index (χ4v) is 3.22. The quantitative estimate of drug-likeness (QED) is 0.725. The summed E-state index contributed by atoms with van der Waals surface area (Å²) in [5.74, 6) is -0.929. The van der Waals surface area contributed by atoms with E-state index in [9.17, 15) is 13.6 Å². The highest BCUT2D eigenvalue weighted by atomic mass is 79.9. The van der Waals surface area contributed by atoms with Gasteiger partial charge in [0.05, 0.1) is 0 Å². The number of halogens is 3. The number of hydrogen-bond donors (Lipinski definition) is 0. The smallest absolute Gasteiger partial charge is 0.184 e. The molecule has 0 saturated heterocycles. The van der Waals surface area contributed by atoms with E-state index in [4.69, 9.17) is 0 Å². The minimum atomic E-state index is -0.995. The minimum Gasteiger partial charge on any atom is -0.292 e. The molecule has 0 N–H and O–H groups in total. The van der Waals surface area contributed by atoms with Crippen molar-refractivity contribution in [3.05, 3.63) is 70.8 Å². The fourth-order valence-electron chi connectivity index (χ4n) is 2.45. The first-order valence-electron chi connectivity index (χ1n) is 5.79. The lowest BCUT2D eigenvalue weighted by Gasteiger charge is -2.20. The minimum absolute atomic E-state index is 0.159. The second kappa shape index (κ2) is 4.23. The number of rotatable bonds is 1. The molecule has 0 bridgehead atoms. The Kier molecular flexibility index (Phi) is 2.78. The second-order valence-electron chi connectivity index (χ2n) is 4.62. The van der Waals surface area contributed by atoms with E-state index in [-0.39, 0.29) is 11.6 Å². The lowest BCUT2D eigenvalue weighted by Crippen LogP contribution is -2.25. The van der Waals surface area contributed by atoms with Crippen LogP contribution in [0.25, 0.3) is 0 Å². The molecule has 0 radical (unpaired) electrons. The average molecular weight is 323 g/mol. The molecule has 0 fully saturated rings. The van der Waals surface area contributed by atoms with Crippen LogP contribution in [0.2, 0.25) is 0 Å². The van der Waals surface area contributed by atoms with E-state index in [0.29, 0.717) is 23.1 Å². The highest BCUT2D eigenvalue weighted by Crippen LogP contribution is 2.44. The van der Waals surface area contributed by atoms with E-state index >= 15 is 0 Å². The van der Waals surface area contributed by atoms with Gasteiger partial charge in [-0.1, -0.05) is 28.1 Å². The summed E-state index contributed by atoms with van der Waals surface area (Å²) in [6.07, 6.45) is 0.322. The van der Waals surface area contributed by atoms with Gasteiger partial charge in [0.2, 0.25) is 0 Å². The summed E-state index contributed by atoms with van der Waals surface area (Å²) in [5, 5.41) is 0. The van der Waals surface area contributed by atoms with E-state index in [1.54, 1.807) is 12.1 Å². The van der Waals surface area contributed by atoms with Crippen molar-refractivity contribution in [2.24, 2.45) is 0 Å². The van der Waals surface area contributed by atoms with Gasteiger partial charge in [-0.25, -0.2) is 8.78 Å². The summed E-state index contributed by atoms with van der Waals surface area (Å²) in [6.45, 7) is 0. The molecule has 0 amide bonds. The SMILES string of the molecule is O=C1c2ccc(F)cc2CC1(Br)c1cccc(F)c1. The fraction of sp³-hybridized carbons (Fsp3) is 0.133.